The van der Waals surface area contributed by atoms with Crippen molar-refractivity contribution in [3.05, 3.63) is 0 Å². The molecule has 3 atom stereocenters. The molecule has 1 heterocycles. The maximum Gasteiger partial charge on any atom is 0.407 e. The largest absolute Gasteiger partial charge is 0.444 e. The van der Waals surface area contributed by atoms with Gasteiger partial charge in [0.1, 0.15) is 5.60 Å². The molecule has 0 radical (unpaired) electrons. The third-order valence-corrected chi connectivity index (χ3v) is 4.95. The molecule has 2 N–H and O–H groups in total. The first-order valence-corrected chi connectivity index (χ1v) is 9.21. The van der Waals surface area contributed by atoms with Gasteiger partial charge in [-0.2, -0.15) is 11.8 Å². The van der Waals surface area contributed by atoms with Crippen molar-refractivity contribution in [3.8, 4) is 0 Å². The van der Waals surface area contributed by atoms with E-state index >= 15 is 0 Å². The fourth-order valence-electron chi connectivity index (χ4n) is 2.47. The molecular weight excluding hydrogens is 284 g/mol. The summed E-state index contributed by atoms with van der Waals surface area (Å²) >= 11 is 2.03. The average Bonchev–Trinajstić information content (AvgIpc) is 2.76. The summed E-state index contributed by atoms with van der Waals surface area (Å²) in [6.07, 6.45) is 4.36. The predicted octanol–water partition coefficient (Wildman–Crippen LogP) is 3.55. The van der Waals surface area contributed by atoms with E-state index in [-0.39, 0.29) is 6.09 Å². The summed E-state index contributed by atoms with van der Waals surface area (Å²) in [5.74, 6) is 1.23. The topological polar surface area (TPSA) is 50.4 Å². The molecule has 1 aliphatic heterocycles. The average molecular weight is 317 g/mol. The third-order valence-electron chi connectivity index (χ3n) is 3.62. The van der Waals surface area contributed by atoms with Crippen molar-refractivity contribution < 1.29 is 9.53 Å². The highest BCUT2D eigenvalue weighted by molar-refractivity contribution is 8.00. The van der Waals surface area contributed by atoms with Crippen LogP contribution in [0.25, 0.3) is 0 Å². The zero-order valence-electron chi connectivity index (χ0n) is 14.2. The van der Waals surface area contributed by atoms with Crippen LogP contribution in [0, 0.1) is 0 Å². The van der Waals surface area contributed by atoms with Gasteiger partial charge >= 0.3 is 6.09 Å². The van der Waals surface area contributed by atoms with Crippen LogP contribution in [-0.2, 0) is 4.74 Å². The number of hydrogen-bond acceptors (Lipinski definition) is 4. The van der Waals surface area contributed by atoms with E-state index in [1.165, 1.54) is 25.0 Å². The number of amides is 1. The van der Waals surface area contributed by atoms with Crippen molar-refractivity contribution in [2.75, 3.05) is 12.3 Å². The Morgan fingerprint density at radius 1 is 1.43 bits per heavy atom. The molecule has 0 aromatic carbocycles. The highest BCUT2D eigenvalue weighted by Gasteiger charge is 2.26. The van der Waals surface area contributed by atoms with Gasteiger partial charge in [-0.15, -0.1) is 0 Å². The molecule has 4 nitrogen and oxygen atoms in total. The monoisotopic (exact) mass is 316 g/mol. The third kappa shape index (κ3) is 7.96. The zero-order chi connectivity index (χ0) is 15.9. The van der Waals surface area contributed by atoms with E-state index < -0.39 is 5.60 Å². The maximum absolute atomic E-state index is 11.8. The van der Waals surface area contributed by atoms with Crippen molar-refractivity contribution in [3.63, 3.8) is 0 Å². The summed E-state index contributed by atoms with van der Waals surface area (Å²) < 4.78 is 5.30. The van der Waals surface area contributed by atoms with Gasteiger partial charge in [-0.05, 0) is 39.4 Å². The summed E-state index contributed by atoms with van der Waals surface area (Å²) in [4.78, 5) is 11.8. The molecule has 5 heteroatoms. The first-order valence-electron chi connectivity index (χ1n) is 8.16. The van der Waals surface area contributed by atoms with E-state index in [1.807, 2.05) is 32.5 Å². The minimum atomic E-state index is -0.437. The summed E-state index contributed by atoms with van der Waals surface area (Å²) in [6.45, 7) is 10.8. The van der Waals surface area contributed by atoms with E-state index in [4.69, 9.17) is 4.74 Å². The summed E-state index contributed by atoms with van der Waals surface area (Å²) in [5, 5.41) is 7.30. The zero-order valence-corrected chi connectivity index (χ0v) is 15.0. The van der Waals surface area contributed by atoms with Crippen molar-refractivity contribution in [2.24, 2.45) is 0 Å². The predicted molar refractivity (Wildman–Crippen MR) is 91.0 cm³/mol. The number of alkyl carbamates (subject to hydrolysis) is 1. The molecule has 0 spiro atoms. The van der Waals surface area contributed by atoms with Gasteiger partial charge in [-0.3, -0.25) is 0 Å². The van der Waals surface area contributed by atoms with Crippen molar-refractivity contribution in [1.82, 2.24) is 10.6 Å². The normalized spacial score (nSPS) is 23.9. The molecule has 1 fully saturated rings. The maximum atomic E-state index is 11.8. The fraction of sp³-hybridized carbons (Fsp3) is 0.938. The standard InChI is InChI=1S/C16H32N2O2S/c1-6-7-8-13(18-14-9-10-21-12(14)2)11-17-15(19)20-16(3,4)5/h12-14,18H,6-11H2,1-5H3,(H,17,19). The van der Waals surface area contributed by atoms with Gasteiger partial charge < -0.3 is 15.4 Å². The molecule has 21 heavy (non-hydrogen) atoms. The number of ether oxygens (including phenoxy) is 1. The van der Waals surface area contributed by atoms with Gasteiger partial charge in [0.2, 0.25) is 0 Å². The van der Waals surface area contributed by atoms with Crippen LogP contribution in [0.2, 0.25) is 0 Å². The van der Waals surface area contributed by atoms with Gasteiger partial charge in [0.05, 0.1) is 0 Å². The number of carbonyl (C=O) groups excluding carboxylic acids is 1. The second-order valence-corrected chi connectivity index (χ2v) is 8.34. The Labute approximate surface area is 134 Å². The number of thioether (sulfide) groups is 1. The highest BCUT2D eigenvalue weighted by atomic mass is 32.2. The molecule has 1 aliphatic rings. The second kappa shape index (κ2) is 8.89. The Kier molecular flexibility index (Phi) is 7.88. The number of nitrogens with one attached hydrogen (secondary N) is 2. The Balaban J connectivity index is 2.40. The fourth-order valence-corrected chi connectivity index (χ4v) is 3.68. The lowest BCUT2D eigenvalue weighted by molar-refractivity contribution is 0.0521. The Hall–Kier alpha value is -0.420. The van der Waals surface area contributed by atoms with Crippen LogP contribution >= 0.6 is 11.8 Å². The minimum absolute atomic E-state index is 0.320. The first-order chi connectivity index (χ1) is 9.81. The molecule has 0 aromatic heterocycles. The van der Waals surface area contributed by atoms with Crippen LogP contribution in [0.5, 0.6) is 0 Å². The molecule has 1 saturated heterocycles. The molecule has 1 amide bonds. The van der Waals surface area contributed by atoms with E-state index in [9.17, 15) is 4.79 Å². The Bertz CT molecular complexity index is 318. The molecular formula is C16H32N2O2S. The number of unbranched alkanes of at least 4 members (excludes halogenated alkanes) is 1. The summed E-state index contributed by atoms with van der Waals surface area (Å²) in [5.41, 5.74) is -0.437. The van der Waals surface area contributed by atoms with Gasteiger partial charge in [0.15, 0.2) is 0 Å². The Morgan fingerprint density at radius 2 is 2.14 bits per heavy atom. The lowest BCUT2D eigenvalue weighted by Crippen LogP contribution is -2.48. The van der Waals surface area contributed by atoms with E-state index in [0.717, 1.165) is 6.42 Å². The van der Waals surface area contributed by atoms with Crippen LogP contribution in [-0.4, -0.2) is 41.3 Å². The first kappa shape index (κ1) is 18.6. The smallest absolute Gasteiger partial charge is 0.407 e. The summed E-state index contributed by atoms with van der Waals surface area (Å²) in [6, 6.07) is 0.904. The van der Waals surface area contributed by atoms with Gasteiger partial charge in [0, 0.05) is 23.9 Å². The van der Waals surface area contributed by atoms with Gasteiger partial charge in [-0.25, -0.2) is 4.79 Å². The van der Waals surface area contributed by atoms with Crippen molar-refractivity contribution in [2.45, 2.75) is 83.2 Å². The SMILES string of the molecule is CCCCC(CNC(=O)OC(C)(C)C)NC1CCSC1C. The quantitative estimate of drug-likeness (QED) is 0.754. The lowest BCUT2D eigenvalue weighted by atomic mass is 10.1. The van der Waals surface area contributed by atoms with E-state index in [0.29, 0.717) is 23.9 Å². The molecule has 0 aromatic rings. The number of hydrogen-bond donors (Lipinski definition) is 2. The molecule has 0 aliphatic carbocycles. The number of rotatable bonds is 7. The van der Waals surface area contributed by atoms with Crippen LogP contribution in [0.4, 0.5) is 4.79 Å². The molecule has 1 rings (SSSR count). The van der Waals surface area contributed by atoms with E-state index in [2.05, 4.69) is 24.5 Å². The van der Waals surface area contributed by atoms with Gasteiger partial charge in [0.25, 0.3) is 0 Å². The Morgan fingerprint density at radius 3 is 2.67 bits per heavy atom. The van der Waals surface area contributed by atoms with Crippen LogP contribution in [0.3, 0.4) is 0 Å². The van der Waals surface area contributed by atoms with E-state index in [1.54, 1.807) is 0 Å². The lowest BCUT2D eigenvalue weighted by Gasteiger charge is -2.26. The molecule has 0 saturated carbocycles. The summed E-state index contributed by atoms with van der Waals surface area (Å²) in [7, 11) is 0. The number of carbonyl (C=O) groups is 1. The van der Waals surface area contributed by atoms with Crippen LogP contribution in [0.15, 0.2) is 0 Å². The molecule has 3 unspecified atom stereocenters. The van der Waals surface area contributed by atoms with Crippen LogP contribution < -0.4 is 10.6 Å². The van der Waals surface area contributed by atoms with Crippen molar-refractivity contribution >= 4 is 17.9 Å². The van der Waals surface area contributed by atoms with Crippen molar-refractivity contribution in [1.29, 1.82) is 0 Å². The van der Waals surface area contributed by atoms with Gasteiger partial charge in [-0.1, -0.05) is 26.7 Å². The second-order valence-electron chi connectivity index (χ2n) is 6.86. The molecule has 124 valence electrons. The molecule has 0 bridgehead atoms. The highest BCUT2D eigenvalue weighted by Crippen LogP contribution is 2.26. The van der Waals surface area contributed by atoms with Crippen LogP contribution in [0.1, 0.15) is 60.3 Å². The minimum Gasteiger partial charge on any atom is -0.444 e.